The van der Waals surface area contributed by atoms with Gasteiger partial charge in [-0.1, -0.05) is 11.6 Å². The third kappa shape index (κ3) is 3.99. The summed E-state index contributed by atoms with van der Waals surface area (Å²) in [5, 5.41) is 7.04. The number of hydrogen-bond acceptors (Lipinski definition) is 5. The minimum Gasteiger partial charge on any atom is -0.449 e. The van der Waals surface area contributed by atoms with Crippen molar-refractivity contribution in [3.63, 3.8) is 0 Å². The van der Waals surface area contributed by atoms with Gasteiger partial charge in [-0.05, 0) is 46.2 Å². The van der Waals surface area contributed by atoms with Crippen LogP contribution in [0.5, 0.6) is 0 Å². The molecular formula is C17H21ClN4O3. The van der Waals surface area contributed by atoms with E-state index < -0.39 is 18.0 Å². The molecule has 2 aromatic heterocycles. The van der Waals surface area contributed by atoms with Gasteiger partial charge in [0, 0.05) is 12.7 Å². The molecule has 0 spiro atoms. The molecule has 0 unspecified atom stereocenters. The van der Waals surface area contributed by atoms with E-state index in [1.165, 1.54) is 6.92 Å². The zero-order valence-electron chi connectivity index (χ0n) is 15.1. The van der Waals surface area contributed by atoms with Crippen molar-refractivity contribution in [1.82, 2.24) is 14.8 Å². The van der Waals surface area contributed by atoms with Crippen molar-refractivity contribution in [3.8, 4) is 0 Å². The minimum absolute atomic E-state index is 0.0639. The van der Waals surface area contributed by atoms with E-state index >= 15 is 0 Å². The van der Waals surface area contributed by atoms with Crippen LogP contribution in [0.25, 0.3) is 0 Å². The largest absolute Gasteiger partial charge is 0.449 e. The molecule has 25 heavy (non-hydrogen) atoms. The first-order valence-electron chi connectivity index (χ1n) is 7.77. The monoisotopic (exact) mass is 364 g/mol. The van der Waals surface area contributed by atoms with Crippen LogP contribution in [0.2, 0.25) is 5.15 Å². The van der Waals surface area contributed by atoms with Crippen molar-refractivity contribution >= 4 is 29.2 Å². The molecule has 7 nitrogen and oxygen atoms in total. The van der Waals surface area contributed by atoms with Gasteiger partial charge in [0.2, 0.25) is 0 Å². The van der Waals surface area contributed by atoms with Gasteiger partial charge >= 0.3 is 5.97 Å². The van der Waals surface area contributed by atoms with Gasteiger partial charge in [-0.2, -0.15) is 5.10 Å². The number of carbonyl (C=O) groups is 2. The van der Waals surface area contributed by atoms with Gasteiger partial charge in [0.05, 0.1) is 22.6 Å². The summed E-state index contributed by atoms with van der Waals surface area (Å²) in [4.78, 5) is 28.8. The molecule has 1 atom stereocenters. The number of pyridine rings is 1. The van der Waals surface area contributed by atoms with E-state index in [1.807, 2.05) is 6.92 Å². The van der Waals surface area contributed by atoms with Crippen LogP contribution in [0, 0.1) is 27.7 Å². The van der Waals surface area contributed by atoms with Crippen molar-refractivity contribution in [2.75, 3.05) is 5.32 Å². The molecule has 2 aromatic rings. The van der Waals surface area contributed by atoms with Crippen LogP contribution >= 0.6 is 11.6 Å². The lowest BCUT2D eigenvalue weighted by molar-refractivity contribution is -0.123. The normalized spacial score (nSPS) is 12.0. The molecule has 0 bridgehead atoms. The molecule has 0 fully saturated rings. The highest BCUT2D eigenvalue weighted by atomic mass is 35.5. The average Bonchev–Trinajstić information content (AvgIpc) is 2.72. The molecule has 134 valence electrons. The Morgan fingerprint density at radius 1 is 1.28 bits per heavy atom. The summed E-state index contributed by atoms with van der Waals surface area (Å²) in [5.41, 5.74) is 3.63. The van der Waals surface area contributed by atoms with Crippen LogP contribution in [0.3, 0.4) is 0 Å². The van der Waals surface area contributed by atoms with E-state index in [2.05, 4.69) is 15.4 Å². The van der Waals surface area contributed by atoms with Crippen LogP contribution in [0.15, 0.2) is 6.07 Å². The molecule has 2 rings (SSSR count). The smallest absolute Gasteiger partial charge is 0.342 e. The quantitative estimate of drug-likeness (QED) is 0.666. The molecule has 0 aliphatic heterocycles. The van der Waals surface area contributed by atoms with Crippen LogP contribution in [-0.4, -0.2) is 32.7 Å². The standard InChI is InChI=1S/C17H21ClN4O3/c1-8-7-9(2)19-15(18)13(8)17(24)25-12(5)16(23)20-14-10(3)21-22(6)11(14)4/h7,12H,1-6H3,(H,20,23)/t12-/m0/s1. The van der Waals surface area contributed by atoms with Crippen LogP contribution in [-0.2, 0) is 16.6 Å². The SMILES string of the molecule is Cc1cc(C)c(C(=O)O[C@@H](C)C(=O)Nc2c(C)nn(C)c2C)c(Cl)n1. The second kappa shape index (κ2) is 7.23. The van der Waals surface area contributed by atoms with E-state index in [9.17, 15) is 9.59 Å². The Bertz CT molecular complexity index is 822. The number of hydrogen-bond donors (Lipinski definition) is 1. The molecule has 0 saturated carbocycles. The predicted molar refractivity (Wildman–Crippen MR) is 94.9 cm³/mol. The zero-order chi connectivity index (χ0) is 18.9. The van der Waals surface area contributed by atoms with Crippen LogP contribution in [0.1, 0.15) is 39.9 Å². The lowest BCUT2D eigenvalue weighted by atomic mass is 10.1. The maximum atomic E-state index is 12.4. The summed E-state index contributed by atoms with van der Waals surface area (Å²) in [7, 11) is 1.79. The van der Waals surface area contributed by atoms with Gasteiger partial charge in [0.25, 0.3) is 5.91 Å². The number of ether oxygens (including phenoxy) is 1. The van der Waals surface area contributed by atoms with E-state index in [4.69, 9.17) is 16.3 Å². The van der Waals surface area contributed by atoms with Gasteiger partial charge in [-0.25, -0.2) is 9.78 Å². The van der Waals surface area contributed by atoms with Gasteiger partial charge in [-0.15, -0.1) is 0 Å². The highest BCUT2D eigenvalue weighted by molar-refractivity contribution is 6.32. The van der Waals surface area contributed by atoms with Crippen molar-refractivity contribution in [3.05, 3.63) is 39.4 Å². The first-order valence-corrected chi connectivity index (χ1v) is 8.15. The predicted octanol–water partition coefficient (Wildman–Crippen LogP) is 2.89. The summed E-state index contributed by atoms with van der Waals surface area (Å²) >= 11 is 6.04. The number of carbonyl (C=O) groups excluding carboxylic acids is 2. The Hall–Kier alpha value is -2.41. The van der Waals surface area contributed by atoms with Gasteiger partial charge in [-0.3, -0.25) is 9.48 Å². The fourth-order valence-corrected chi connectivity index (χ4v) is 2.85. The molecule has 1 N–H and O–H groups in total. The fourth-order valence-electron chi connectivity index (χ4n) is 2.49. The first-order chi connectivity index (χ1) is 11.6. The average molecular weight is 365 g/mol. The molecule has 0 aliphatic rings. The molecule has 0 aliphatic carbocycles. The summed E-state index contributed by atoms with van der Waals surface area (Å²) < 4.78 is 6.93. The number of halogens is 1. The number of esters is 1. The maximum Gasteiger partial charge on any atom is 0.342 e. The number of amides is 1. The Labute approximate surface area is 151 Å². The molecule has 0 saturated heterocycles. The number of aromatic nitrogens is 3. The number of nitrogens with one attached hydrogen (secondary N) is 1. The number of aryl methyl sites for hydroxylation is 4. The Balaban J connectivity index is 2.12. The van der Waals surface area contributed by atoms with Crippen molar-refractivity contribution in [2.45, 2.75) is 40.7 Å². The van der Waals surface area contributed by atoms with E-state index in [0.717, 1.165) is 5.69 Å². The highest BCUT2D eigenvalue weighted by Gasteiger charge is 2.24. The number of rotatable bonds is 4. The molecule has 2 heterocycles. The first kappa shape index (κ1) is 18.9. The van der Waals surface area contributed by atoms with E-state index in [-0.39, 0.29) is 10.7 Å². The molecule has 0 aromatic carbocycles. The van der Waals surface area contributed by atoms with Crippen LogP contribution in [0.4, 0.5) is 5.69 Å². The lowest BCUT2D eigenvalue weighted by Crippen LogP contribution is -2.30. The summed E-state index contributed by atoms with van der Waals surface area (Å²) in [5.74, 6) is -1.13. The third-order valence-electron chi connectivity index (χ3n) is 3.91. The second-order valence-electron chi connectivity index (χ2n) is 5.95. The number of nitrogens with zero attached hydrogens (tertiary/aromatic N) is 3. The fraction of sp³-hybridized carbons (Fsp3) is 0.412. The van der Waals surface area contributed by atoms with Crippen molar-refractivity contribution in [1.29, 1.82) is 0 Å². The minimum atomic E-state index is -0.997. The van der Waals surface area contributed by atoms with Gasteiger partial charge in [0.15, 0.2) is 6.10 Å². The van der Waals surface area contributed by atoms with Crippen LogP contribution < -0.4 is 5.32 Å². The Morgan fingerprint density at radius 3 is 2.44 bits per heavy atom. The Morgan fingerprint density at radius 2 is 1.92 bits per heavy atom. The van der Waals surface area contributed by atoms with Crippen molar-refractivity contribution in [2.24, 2.45) is 7.05 Å². The van der Waals surface area contributed by atoms with E-state index in [1.54, 1.807) is 38.6 Å². The summed E-state index contributed by atoms with van der Waals surface area (Å²) in [6, 6.07) is 1.73. The Kier molecular flexibility index (Phi) is 5.47. The van der Waals surface area contributed by atoms with Gasteiger partial charge < -0.3 is 10.1 Å². The molecular weight excluding hydrogens is 344 g/mol. The van der Waals surface area contributed by atoms with Crippen molar-refractivity contribution < 1.29 is 14.3 Å². The lowest BCUT2D eigenvalue weighted by Gasteiger charge is -2.15. The molecule has 8 heteroatoms. The molecule has 1 amide bonds. The van der Waals surface area contributed by atoms with Gasteiger partial charge in [0.1, 0.15) is 5.15 Å². The third-order valence-corrected chi connectivity index (χ3v) is 4.19. The topological polar surface area (TPSA) is 86.1 Å². The second-order valence-corrected chi connectivity index (χ2v) is 6.31. The zero-order valence-corrected chi connectivity index (χ0v) is 15.9. The molecule has 0 radical (unpaired) electrons. The maximum absolute atomic E-state index is 12.4. The highest BCUT2D eigenvalue weighted by Crippen LogP contribution is 2.21. The van der Waals surface area contributed by atoms with E-state index in [0.29, 0.717) is 22.6 Å². The summed E-state index contributed by atoms with van der Waals surface area (Å²) in [6.07, 6.45) is -0.997. The number of anilines is 1. The summed E-state index contributed by atoms with van der Waals surface area (Å²) in [6.45, 7) is 8.65.